The van der Waals surface area contributed by atoms with Crippen molar-refractivity contribution in [2.45, 2.75) is 11.8 Å². The van der Waals surface area contributed by atoms with Gasteiger partial charge in [-0.05, 0) is 37.3 Å². The van der Waals surface area contributed by atoms with Crippen molar-refractivity contribution in [2.75, 3.05) is 13.2 Å². The first-order chi connectivity index (χ1) is 12.0. The number of benzene rings is 2. The first-order valence-corrected chi connectivity index (χ1v) is 9.60. The van der Waals surface area contributed by atoms with E-state index in [0.717, 1.165) is 15.8 Å². The molecule has 0 aliphatic carbocycles. The fourth-order valence-corrected chi connectivity index (χ4v) is 3.80. The van der Waals surface area contributed by atoms with Crippen LogP contribution in [0.2, 0.25) is 0 Å². The second-order valence-corrected chi connectivity index (χ2v) is 7.84. The van der Waals surface area contributed by atoms with Gasteiger partial charge in [-0.15, -0.1) is 11.3 Å². The van der Waals surface area contributed by atoms with Crippen LogP contribution >= 0.6 is 11.3 Å². The summed E-state index contributed by atoms with van der Waals surface area (Å²) in [5, 5.41) is 9.25. The minimum Gasteiger partial charge on any atom is -0.491 e. The highest BCUT2D eigenvalue weighted by atomic mass is 32.2. The maximum absolute atomic E-state index is 12.1. The summed E-state index contributed by atoms with van der Waals surface area (Å²) >= 11 is 1.27. The van der Waals surface area contributed by atoms with Crippen LogP contribution in [0.25, 0.3) is 10.2 Å². The largest absolute Gasteiger partial charge is 0.491 e. The van der Waals surface area contributed by atoms with E-state index in [2.05, 4.69) is 4.98 Å². The summed E-state index contributed by atoms with van der Waals surface area (Å²) in [4.78, 5) is 4.26. The van der Waals surface area contributed by atoms with Gasteiger partial charge in [0.2, 0.25) is 0 Å². The van der Waals surface area contributed by atoms with Crippen molar-refractivity contribution < 1.29 is 17.3 Å². The van der Waals surface area contributed by atoms with Gasteiger partial charge in [0.05, 0.1) is 15.1 Å². The van der Waals surface area contributed by atoms with E-state index in [1.54, 1.807) is 30.3 Å². The molecule has 8 heteroatoms. The van der Waals surface area contributed by atoms with Crippen LogP contribution in [0.4, 0.5) is 0 Å². The van der Waals surface area contributed by atoms with Crippen LogP contribution in [0.1, 0.15) is 10.6 Å². The molecule has 0 N–H and O–H groups in total. The van der Waals surface area contributed by atoms with E-state index < -0.39 is 10.1 Å². The highest BCUT2D eigenvalue weighted by molar-refractivity contribution is 7.86. The molecular weight excluding hydrogens is 360 g/mol. The van der Waals surface area contributed by atoms with Gasteiger partial charge < -0.3 is 4.74 Å². The van der Waals surface area contributed by atoms with Crippen molar-refractivity contribution in [1.29, 1.82) is 5.26 Å². The molecule has 0 radical (unpaired) electrons. The van der Waals surface area contributed by atoms with Crippen molar-refractivity contribution in [3.63, 3.8) is 0 Å². The number of aryl methyl sites for hydroxylation is 1. The predicted molar refractivity (Wildman–Crippen MR) is 94.1 cm³/mol. The topological polar surface area (TPSA) is 89.3 Å². The Morgan fingerprint density at radius 3 is 2.64 bits per heavy atom. The van der Waals surface area contributed by atoms with Gasteiger partial charge in [-0.25, -0.2) is 4.98 Å². The number of rotatable bonds is 6. The molecule has 0 unspecified atom stereocenters. The Hall–Kier alpha value is -2.47. The summed E-state index contributed by atoms with van der Waals surface area (Å²) < 4.78 is 35.4. The first-order valence-electron chi connectivity index (χ1n) is 7.37. The van der Waals surface area contributed by atoms with E-state index in [9.17, 15) is 8.42 Å². The van der Waals surface area contributed by atoms with E-state index in [4.69, 9.17) is 14.2 Å². The maximum Gasteiger partial charge on any atom is 0.297 e. The summed E-state index contributed by atoms with van der Waals surface area (Å²) in [6.45, 7) is 1.87. The Kier molecular flexibility index (Phi) is 4.99. The van der Waals surface area contributed by atoms with Gasteiger partial charge in [-0.3, -0.25) is 4.18 Å². The molecule has 0 aliphatic heterocycles. The highest BCUT2D eigenvalue weighted by Gasteiger charge is 2.14. The summed E-state index contributed by atoms with van der Waals surface area (Å²) in [7, 11) is -3.79. The van der Waals surface area contributed by atoms with Gasteiger partial charge in [0.1, 0.15) is 25.0 Å². The van der Waals surface area contributed by atoms with Gasteiger partial charge in [0, 0.05) is 0 Å². The van der Waals surface area contributed by atoms with Crippen molar-refractivity contribution >= 4 is 31.7 Å². The number of nitrogens with zero attached hydrogens (tertiary/aromatic N) is 2. The highest BCUT2D eigenvalue weighted by Crippen LogP contribution is 2.26. The molecule has 0 aliphatic rings. The average molecular weight is 374 g/mol. The fraction of sp³-hybridized carbons (Fsp3) is 0.176. The van der Waals surface area contributed by atoms with Crippen LogP contribution < -0.4 is 4.74 Å². The van der Waals surface area contributed by atoms with Crippen LogP contribution in [0, 0.1) is 18.3 Å². The molecule has 2 aromatic carbocycles. The zero-order valence-electron chi connectivity index (χ0n) is 13.3. The minimum absolute atomic E-state index is 0.0838. The number of aromatic nitrogens is 1. The smallest absolute Gasteiger partial charge is 0.297 e. The Bertz CT molecular complexity index is 1030. The molecule has 1 heterocycles. The first kappa shape index (κ1) is 17.4. The lowest BCUT2D eigenvalue weighted by molar-refractivity contribution is 0.221. The van der Waals surface area contributed by atoms with Gasteiger partial charge in [0.25, 0.3) is 10.1 Å². The molecule has 128 valence electrons. The van der Waals surface area contributed by atoms with Crippen molar-refractivity contribution in [3.05, 3.63) is 53.0 Å². The number of hydrogen-bond acceptors (Lipinski definition) is 7. The number of fused-ring (bicyclic) bond motifs is 1. The summed E-state index contributed by atoms with van der Waals surface area (Å²) in [5.74, 6) is 0.567. The molecule has 0 fully saturated rings. The van der Waals surface area contributed by atoms with E-state index in [0.29, 0.717) is 10.8 Å². The molecule has 1 aromatic heterocycles. The predicted octanol–water partition coefficient (Wildman–Crippen LogP) is 3.26. The summed E-state index contributed by atoms with van der Waals surface area (Å²) in [6.07, 6.45) is 0. The lowest BCUT2D eigenvalue weighted by atomic mass is 10.2. The lowest BCUT2D eigenvalue weighted by Crippen LogP contribution is -2.13. The van der Waals surface area contributed by atoms with Crippen LogP contribution in [0.3, 0.4) is 0 Å². The van der Waals surface area contributed by atoms with Crippen LogP contribution in [-0.4, -0.2) is 26.6 Å². The molecule has 0 saturated heterocycles. The number of thiazole rings is 1. The Morgan fingerprint density at radius 1 is 1.16 bits per heavy atom. The Labute approximate surface area is 149 Å². The Morgan fingerprint density at radius 2 is 1.92 bits per heavy atom. The number of nitriles is 1. The SMILES string of the molecule is Cc1ccc(S(=O)(=O)OCCOc2ccc3nc(C#N)sc3c2)cc1. The molecule has 3 rings (SSSR count). The molecule has 6 nitrogen and oxygen atoms in total. The third-order valence-electron chi connectivity index (χ3n) is 3.36. The maximum atomic E-state index is 12.1. The summed E-state index contributed by atoms with van der Waals surface area (Å²) in [6, 6.07) is 13.7. The van der Waals surface area contributed by atoms with Crippen LogP contribution in [0.5, 0.6) is 5.75 Å². The lowest BCUT2D eigenvalue weighted by Gasteiger charge is -2.08. The molecule has 0 amide bonds. The second-order valence-electron chi connectivity index (χ2n) is 5.20. The third kappa shape index (κ3) is 4.14. The van der Waals surface area contributed by atoms with Crippen molar-refractivity contribution in [1.82, 2.24) is 4.98 Å². The van der Waals surface area contributed by atoms with E-state index in [-0.39, 0.29) is 18.1 Å². The molecule has 0 atom stereocenters. The molecule has 0 spiro atoms. The van der Waals surface area contributed by atoms with Crippen molar-refractivity contribution in [3.8, 4) is 11.8 Å². The fourth-order valence-electron chi connectivity index (χ4n) is 2.12. The minimum atomic E-state index is -3.79. The Balaban J connectivity index is 1.57. The zero-order valence-corrected chi connectivity index (χ0v) is 14.9. The monoisotopic (exact) mass is 374 g/mol. The quantitative estimate of drug-likeness (QED) is 0.486. The van der Waals surface area contributed by atoms with E-state index >= 15 is 0 Å². The third-order valence-corrected chi connectivity index (χ3v) is 5.61. The second kappa shape index (κ2) is 7.19. The standard InChI is InChI=1S/C17H14N2O4S2/c1-12-2-5-14(6-3-12)25(20,21)23-9-8-22-13-4-7-15-16(10-13)24-17(11-18)19-15/h2-7,10H,8-9H2,1H3. The van der Waals surface area contributed by atoms with Gasteiger partial charge in [-0.2, -0.15) is 13.7 Å². The van der Waals surface area contributed by atoms with E-state index in [1.807, 2.05) is 13.0 Å². The van der Waals surface area contributed by atoms with E-state index in [1.165, 1.54) is 23.5 Å². The number of hydrogen-bond donors (Lipinski definition) is 0. The van der Waals surface area contributed by atoms with Gasteiger partial charge >= 0.3 is 0 Å². The average Bonchev–Trinajstić information content (AvgIpc) is 3.01. The van der Waals surface area contributed by atoms with Crippen LogP contribution in [-0.2, 0) is 14.3 Å². The van der Waals surface area contributed by atoms with Crippen molar-refractivity contribution in [2.24, 2.45) is 0 Å². The summed E-state index contributed by atoms with van der Waals surface area (Å²) in [5.41, 5.74) is 1.70. The molecule has 25 heavy (non-hydrogen) atoms. The molecule has 3 aromatic rings. The van der Waals surface area contributed by atoms with Gasteiger partial charge in [-0.1, -0.05) is 17.7 Å². The van der Waals surface area contributed by atoms with Gasteiger partial charge in [0.15, 0.2) is 5.01 Å². The zero-order chi connectivity index (χ0) is 17.9. The molecule has 0 saturated carbocycles. The normalized spacial score (nSPS) is 11.4. The molecule has 0 bridgehead atoms. The van der Waals surface area contributed by atoms with Crippen LogP contribution in [0.15, 0.2) is 47.4 Å². The number of ether oxygens (including phenoxy) is 1. The molecular formula is C17H14N2O4S2.